The van der Waals surface area contributed by atoms with Crippen molar-refractivity contribution in [3.05, 3.63) is 36.2 Å². The fraction of sp³-hybridized carbons (Fsp3) is 0.385. The molecular weight excluding hydrogens is 184 g/mol. The van der Waals surface area contributed by atoms with Gasteiger partial charge in [-0.2, -0.15) is 0 Å². The van der Waals surface area contributed by atoms with E-state index in [0.717, 1.165) is 11.0 Å². The third kappa shape index (κ3) is 4.07. The van der Waals surface area contributed by atoms with E-state index >= 15 is 0 Å². The van der Waals surface area contributed by atoms with Gasteiger partial charge in [0.1, 0.15) is 0 Å². The highest BCUT2D eigenvalue weighted by atomic mass is 14.8. The van der Waals surface area contributed by atoms with Crippen molar-refractivity contribution in [2.24, 2.45) is 0 Å². The van der Waals surface area contributed by atoms with Gasteiger partial charge in [-0.15, -0.1) is 0 Å². The third-order valence-corrected chi connectivity index (χ3v) is 1.59. The van der Waals surface area contributed by atoms with Crippen LogP contribution in [-0.4, -0.2) is 9.97 Å². The van der Waals surface area contributed by atoms with Gasteiger partial charge in [0, 0.05) is 17.8 Å². The predicted octanol–water partition coefficient (Wildman–Crippen LogP) is 3.99. The van der Waals surface area contributed by atoms with Crippen LogP contribution in [0.25, 0.3) is 11.0 Å². The number of pyridine rings is 2. The minimum Gasteiger partial charge on any atom is -0.237 e. The summed E-state index contributed by atoms with van der Waals surface area (Å²) in [6, 6.07) is 6.02. The maximum Gasteiger partial charge on any atom is 0.159 e. The molecule has 2 rings (SSSR count). The number of fused-ring (bicyclic) bond motifs is 1. The maximum atomic E-state index is 4.17. The normalized spacial score (nSPS) is 8.33. The van der Waals surface area contributed by atoms with E-state index in [-0.39, 0.29) is 0 Å². The van der Waals surface area contributed by atoms with E-state index in [0.29, 0.717) is 0 Å². The second-order valence-corrected chi connectivity index (χ2v) is 2.56. The van der Waals surface area contributed by atoms with Gasteiger partial charge in [0.25, 0.3) is 0 Å². The quantitative estimate of drug-likeness (QED) is 0.648. The van der Waals surface area contributed by atoms with Crippen molar-refractivity contribution >= 4 is 11.0 Å². The lowest BCUT2D eigenvalue weighted by atomic mass is 10.2. The molecule has 15 heavy (non-hydrogen) atoms. The Bertz CT molecular complexity index is 383. The van der Waals surface area contributed by atoms with E-state index in [1.807, 2.05) is 52.9 Å². The van der Waals surface area contributed by atoms with Crippen molar-refractivity contribution in [3.8, 4) is 0 Å². The van der Waals surface area contributed by atoms with Crippen molar-refractivity contribution in [1.82, 2.24) is 9.97 Å². The van der Waals surface area contributed by atoms with Crippen LogP contribution in [0.1, 0.15) is 33.3 Å². The number of rotatable bonds is 0. The molecule has 0 radical (unpaired) electrons. The average molecular weight is 204 g/mol. The molecule has 0 saturated carbocycles. The van der Waals surface area contributed by atoms with E-state index in [1.165, 1.54) is 5.56 Å². The number of nitrogens with zero attached hydrogens (tertiary/aromatic N) is 2. The van der Waals surface area contributed by atoms with Crippen molar-refractivity contribution < 1.29 is 0 Å². The highest BCUT2D eigenvalue weighted by molar-refractivity contribution is 5.74. The van der Waals surface area contributed by atoms with E-state index in [2.05, 4.69) is 16.0 Å². The number of hydrogen-bond acceptors (Lipinski definition) is 2. The summed E-state index contributed by atoms with van der Waals surface area (Å²) in [7, 11) is 0. The van der Waals surface area contributed by atoms with Crippen molar-refractivity contribution in [3.63, 3.8) is 0 Å². The maximum absolute atomic E-state index is 4.17. The van der Waals surface area contributed by atoms with Crippen LogP contribution in [0, 0.1) is 6.92 Å². The molecule has 0 aliphatic carbocycles. The first kappa shape index (κ1) is 13.6. The predicted molar refractivity (Wildman–Crippen MR) is 67.0 cm³/mol. The van der Waals surface area contributed by atoms with Gasteiger partial charge in [0.15, 0.2) is 5.65 Å². The van der Waals surface area contributed by atoms with E-state index in [9.17, 15) is 0 Å². The number of aryl methyl sites for hydroxylation is 1. The first-order valence-electron chi connectivity index (χ1n) is 5.53. The summed E-state index contributed by atoms with van der Waals surface area (Å²) < 4.78 is 0. The first-order valence-corrected chi connectivity index (χ1v) is 5.53. The van der Waals surface area contributed by atoms with Gasteiger partial charge in [0.05, 0.1) is 0 Å². The lowest BCUT2D eigenvalue weighted by Gasteiger charge is -1.94. The van der Waals surface area contributed by atoms with Crippen LogP contribution in [-0.2, 0) is 0 Å². The Balaban J connectivity index is 0.000000442. The van der Waals surface area contributed by atoms with Crippen LogP contribution in [0.3, 0.4) is 0 Å². The van der Waals surface area contributed by atoms with E-state index in [1.54, 1.807) is 6.20 Å². The molecule has 0 unspecified atom stereocenters. The smallest absolute Gasteiger partial charge is 0.159 e. The van der Waals surface area contributed by atoms with Gasteiger partial charge < -0.3 is 0 Å². The van der Waals surface area contributed by atoms with Crippen molar-refractivity contribution in [2.75, 3.05) is 0 Å². The Morgan fingerprint density at radius 3 is 2.33 bits per heavy atom. The van der Waals surface area contributed by atoms with Gasteiger partial charge in [-0.05, 0) is 30.7 Å². The molecule has 0 aliphatic rings. The molecular formula is C13H20N2. The molecule has 0 N–H and O–H groups in total. The molecule has 0 atom stereocenters. The Labute approximate surface area is 92.4 Å². The Hall–Kier alpha value is -1.44. The summed E-state index contributed by atoms with van der Waals surface area (Å²) in [6.45, 7) is 10.0. The standard InChI is InChI=1S/C9H8N2.2C2H6/c1-7-5-8-3-2-4-10-9(8)11-6-7;2*1-2/h2-6H,1H3;2*1-2H3. The fourth-order valence-corrected chi connectivity index (χ4v) is 1.08. The molecule has 0 bridgehead atoms. The van der Waals surface area contributed by atoms with Crippen LogP contribution >= 0.6 is 0 Å². The summed E-state index contributed by atoms with van der Waals surface area (Å²) in [5, 5.41) is 1.10. The monoisotopic (exact) mass is 204 g/mol. The third-order valence-electron chi connectivity index (χ3n) is 1.59. The van der Waals surface area contributed by atoms with Gasteiger partial charge in [-0.25, -0.2) is 9.97 Å². The van der Waals surface area contributed by atoms with Crippen molar-refractivity contribution in [1.29, 1.82) is 0 Å². The van der Waals surface area contributed by atoms with Gasteiger partial charge in [0.2, 0.25) is 0 Å². The minimum atomic E-state index is 0.818. The lowest BCUT2D eigenvalue weighted by Crippen LogP contribution is -1.82. The minimum absolute atomic E-state index is 0.818. The molecule has 0 saturated heterocycles. The van der Waals surface area contributed by atoms with Gasteiger partial charge in [-0.1, -0.05) is 27.7 Å². The lowest BCUT2D eigenvalue weighted by molar-refractivity contribution is 1.26. The topological polar surface area (TPSA) is 25.8 Å². The Morgan fingerprint density at radius 1 is 1.00 bits per heavy atom. The van der Waals surface area contributed by atoms with E-state index < -0.39 is 0 Å². The molecule has 0 amide bonds. The molecule has 2 heterocycles. The Morgan fingerprint density at radius 2 is 1.67 bits per heavy atom. The average Bonchev–Trinajstić information content (AvgIpc) is 2.34. The van der Waals surface area contributed by atoms with Crippen LogP contribution in [0.5, 0.6) is 0 Å². The molecule has 2 aromatic heterocycles. The highest BCUT2D eigenvalue weighted by Crippen LogP contribution is 2.08. The molecule has 2 heteroatoms. The number of hydrogen-bond donors (Lipinski definition) is 0. The Kier molecular flexibility index (Phi) is 7.16. The van der Waals surface area contributed by atoms with Crippen LogP contribution < -0.4 is 0 Å². The zero-order valence-corrected chi connectivity index (χ0v) is 10.3. The summed E-state index contributed by atoms with van der Waals surface area (Å²) in [5.41, 5.74) is 1.99. The zero-order valence-electron chi connectivity index (χ0n) is 10.3. The molecule has 2 nitrogen and oxygen atoms in total. The van der Waals surface area contributed by atoms with Crippen molar-refractivity contribution in [2.45, 2.75) is 34.6 Å². The van der Waals surface area contributed by atoms with Gasteiger partial charge in [-0.3, -0.25) is 0 Å². The summed E-state index contributed by atoms with van der Waals surface area (Å²) in [4.78, 5) is 8.28. The largest absolute Gasteiger partial charge is 0.237 e. The first-order chi connectivity index (χ1) is 7.36. The molecule has 0 spiro atoms. The summed E-state index contributed by atoms with van der Waals surface area (Å²) in [6.07, 6.45) is 3.58. The summed E-state index contributed by atoms with van der Waals surface area (Å²) >= 11 is 0. The van der Waals surface area contributed by atoms with E-state index in [4.69, 9.17) is 0 Å². The highest BCUT2D eigenvalue weighted by Gasteiger charge is 1.92. The van der Waals surface area contributed by atoms with Gasteiger partial charge >= 0.3 is 0 Å². The van der Waals surface area contributed by atoms with Crippen LogP contribution in [0.2, 0.25) is 0 Å². The molecule has 2 aromatic rings. The number of aromatic nitrogens is 2. The molecule has 0 aromatic carbocycles. The molecule has 0 aliphatic heterocycles. The second kappa shape index (κ2) is 7.92. The van der Waals surface area contributed by atoms with Crippen LogP contribution in [0.15, 0.2) is 30.6 Å². The SMILES string of the molecule is CC.CC.Cc1cnc2ncccc2c1. The molecule has 82 valence electrons. The summed E-state index contributed by atoms with van der Waals surface area (Å²) in [5.74, 6) is 0. The fourth-order valence-electron chi connectivity index (χ4n) is 1.08. The zero-order chi connectivity index (χ0) is 11.7. The molecule has 0 fully saturated rings. The second-order valence-electron chi connectivity index (χ2n) is 2.56. The van der Waals surface area contributed by atoms with Crippen LogP contribution in [0.4, 0.5) is 0 Å².